The molecule has 1 heterocycles. The van der Waals surface area contributed by atoms with Crippen molar-refractivity contribution >= 4 is 29.2 Å². The minimum absolute atomic E-state index is 0.0370. The van der Waals surface area contributed by atoms with Gasteiger partial charge < -0.3 is 14.8 Å². The first-order valence-corrected chi connectivity index (χ1v) is 7.20. The lowest BCUT2D eigenvalue weighted by atomic mass is 10.1. The Bertz CT molecular complexity index is 652. The molecule has 0 bridgehead atoms. The maximum atomic E-state index is 10.8. The number of rotatable bonds is 6. The standard InChI is InChI=1S/C15H15Cl2NO3/c1-9-11(6-14(21-9)15(19)20)8-18-5-4-10-2-3-12(16)7-13(10)17/h2-3,6-7,18H,4-5,8H2,1H3,(H,19,20). The summed E-state index contributed by atoms with van der Waals surface area (Å²) in [6, 6.07) is 6.97. The quantitative estimate of drug-likeness (QED) is 0.789. The summed E-state index contributed by atoms with van der Waals surface area (Å²) in [4.78, 5) is 10.8. The number of nitrogens with one attached hydrogen (secondary N) is 1. The summed E-state index contributed by atoms with van der Waals surface area (Å²) in [5, 5.41) is 13.4. The van der Waals surface area contributed by atoms with Crippen molar-refractivity contribution in [3.05, 3.63) is 57.0 Å². The lowest BCUT2D eigenvalue weighted by Crippen LogP contribution is -2.17. The third kappa shape index (κ3) is 4.24. The zero-order chi connectivity index (χ0) is 15.4. The topological polar surface area (TPSA) is 62.5 Å². The monoisotopic (exact) mass is 327 g/mol. The van der Waals surface area contributed by atoms with E-state index in [0.717, 1.165) is 17.5 Å². The van der Waals surface area contributed by atoms with Crippen LogP contribution in [0.4, 0.5) is 0 Å². The summed E-state index contributed by atoms with van der Waals surface area (Å²) in [5.74, 6) is -0.480. The Kier molecular flexibility index (Phi) is 5.28. The minimum atomic E-state index is -1.06. The van der Waals surface area contributed by atoms with Gasteiger partial charge in [0, 0.05) is 22.2 Å². The SMILES string of the molecule is Cc1oc(C(=O)O)cc1CNCCc1ccc(Cl)cc1Cl. The summed E-state index contributed by atoms with van der Waals surface area (Å²) in [5.41, 5.74) is 1.86. The lowest BCUT2D eigenvalue weighted by Gasteiger charge is -2.06. The van der Waals surface area contributed by atoms with Gasteiger partial charge in [-0.2, -0.15) is 0 Å². The van der Waals surface area contributed by atoms with Crippen LogP contribution in [0.3, 0.4) is 0 Å². The number of carboxylic acids is 1. The number of aryl methyl sites for hydroxylation is 1. The van der Waals surface area contributed by atoms with Crippen LogP contribution in [0.2, 0.25) is 10.0 Å². The van der Waals surface area contributed by atoms with Crippen LogP contribution in [0.5, 0.6) is 0 Å². The van der Waals surface area contributed by atoms with Gasteiger partial charge in [-0.25, -0.2) is 4.79 Å². The molecule has 21 heavy (non-hydrogen) atoms. The lowest BCUT2D eigenvalue weighted by molar-refractivity contribution is 0.0661. The summed E-state index contributed by atoms with van der Waals surface area (Å²) in [7, 11) is 0. The number of benzene rings is 1. The van der Waals surface area contributed by atoms with Gasteiger partial charge in [0.1, 0.15) is 5.76 Å². The molecule has 0 radical (unpaired) electrons. The molecule has 0 unspecified atom stereocenters. The van der Waals surface area contributed by atoms with Gasteiger partial charge >= 0.3 is 5.97 Å². The largest absolute Gasteiger partial charge is 0.475 e. The molecule has 0 fully saturated rings. The van der Waals surface area contributed by atoms with Crippen LogP contribution >= 0.6 is 23.2 Å². The molecule has 2 aromatic rings. The number of furan rings is 1. The van der Waals surface area contributed by atoms with Gasteiger partial charge in [-0.05, 0) is 43.7 Å². The van der Waals surface area contributed by atoms with Gasteiger partial charge in [0.15, 0.2) is 0 Å². The third-order valence-corrected chi connectivity index (χ3v) is 3.72. The average molecular weight is 328 g/mol. The number of hydrogen-bond acceptors (Lipinski definition) is 3. The number of halogens is 2. The van der Waals surface area contributed by atoms with Gasteiger partial charge in [0.05, 0.1) is 0 Å². The van der Waals surface area contributed by atoms with E-state index in [9.17, 15) is 4.79 Å². The first-order valence-electron chi connectivity index (χ1n) is 6.44. The van der Waals surface area contributed by atoms with Crippen molar-refractivity contribution in [1.82, 2.24) is 5.32 Å². The van der Waals surface area contributed by atoms with E-state index < -0.39 is 5.97 Å². The Morgan fingerprint density at radius 1 is 1.29 bits per heavy atom. The summed E-state index contributed by atoms with van der Waals surface area (Å²) in [6.07, 6.45) is 0.763. The highest BCUT2D eigenvalue weighted by Crippen LogP contribution is 2.21. The van der Waals surface area contributed by atoms with Crippen LogP contribution in [-0.4, -0.2) is 17.6 Å². The molecule has 0 amide bonds. The highest BCUT2D eigenvalue weighted by Gasteiger charge is 2.12. The normalized spacial score (nSPS) is 10.8. The molecule has 0 spiro atoms. The molecule has 2 rings (SSSR count). The van der Waals surface area contributed by atoms with Crippen LogP contribution in [0, 0.1) is 6.92 Å². The van der Waals surface area contributed by atoms with E-state index in [1.807, 2.05) is 12.1 Å². The average Bonchev–Trinajstić information content (AvgIpc) is 2.78. The van der Waals surface area contributed by atoms with Crippen molar-refractivity contribution in [2.75, 3.05) is 6.54 Å². The Hall–Kier alpha value is -1.49. The highest BCUT2D eigenvalue weighted by atomic mass is 35.5. The maximum Gasteiger partial charge on any atom is 0.371 e. The molecule has 2 N–H and O–H groups in total. The van der Waals surface area contributed by atoms with Crippen molar-refractivity contribution in [2.45, 2.75) is 19.9 Å². The van der Waals surface area contributed by atoms with Crippen molar-refractivity contribution in [3.63, 3.8) is 0 Å². The second-order valence-corrected chi connectivity index (χ2v) is 5.50. The Labute approximate surface area is 132 Å². The number of carboxylic acid groups (broad SMARTS) is 1. The van der Waals surface area contributed by atoms with Crippen LogP contribution in [0.25, 0.3) is 0 Å². The summed E-state index contributed by atoms with van der Waals surface area (Å²) < 4.78 is 5.15. The molecule has 0 aliphatic rings. The fourth-order valence-electron chi connectivity index (χ4n) is 1.97. The molecule has 112 valence electrons. The van der Waals surface area contributed by atoms with Crippen molar-refractivity contribution in [3.8, 4) is 0 Å². The van der Waals surface area contributed by atoms with E-state index in [4.69, 9.17) is 32.7 Å². The predicted octanol–water partition coefficient (Wildman–Crippen LogP) is 3.93. The van der Waals surface area contributed by atoms with E-state index in [-0.39, 0.29) is 5.76 Å². The van der Waals surface area contributed by atoms with E-state index in [1.165, 1.54) is 0 Å². The smallest absolute Gasteiger partial charge is 0.371 e. The van der Waals surface area contributed by atoms with Gasteiger partial charge in [0.25, 0.3) is 0 Å². The van der Waals surface area contributed by atoms with Gasteiger partial charge in [-0.1, -0.05) is 29.3 Å². The zero-order valence-corrected chi connectivity index (χ0v) is 13.0. The van der Waals surface area contributed by atoms with Crippen LogP contribution < -0.4 is 5.32 Å². The molecule has 0 atom stereocenters. The molecule has 0 saturated heterocycles. The molecule has 0 saturated carbocycles. The van der Waals surface area contributed by atoms with Crippen molar-refractivity contribution in [2.24, 2.45) is 0 Å². The van der Waals surface area contributed by atoms with Crippen LogP contribution in [-0.2, 0) is 13.0 Å². The highest BCUT2D eigenvalue weighted by molar-refractivity contribution is 6.35. The second kappa shape index (κ2) is 6.98. The van der Waals surface area contributed by atoms with Crippen LogP contribution in [0.1, 0.15) is 27.4 Å². The van der Waals surface area contributed by atoms with Gasteiger partial charge in [-0.3, -0.25) is 0 Å². The zero-order valence-electron chi connectivity index (χ0n) is 11.5. The molecular weight excluding hydrogens is 313 g/mol. The molecule has 1 aromatic heterocycles. The molecule has 6 heteroatoms. The van der Waals surface area contributed by atoms with E-state index >= 15 is 0 Å². The van der Waals surface area contributed by atoms with Crippen LogP contribution in [0.15, 0.2) is 28.7 Å². The molecule has 0 aliphatic heterocycles. The molecule has 0 aliphatic carbocycles. The van der Waals surface area contributed by atoms with Crippen molar-refractivity contribution < 1.29 is 14.3 Å². The first kappa shape index (κ1) is 15.9. The Balaban J connectivity index is 1.86. The van der Waals surface area contributed by atoms with Crippen molar-refractivity contribution in [1.29, 1.82) is 0 Å². The number of carbonyl (C=O) groups is 1. The Morgan fingerprint density at radius 3 is 2.67 bits per heavy atom. The minimum Gasteiger partial charge on any atom is -0.475 e. The van der Waals surface area contributed by atoms with E-state index in [1.54, 1.807) is 19.1 Å². The molecule has 1 aromatic carbocycles. The number of aromatic carboxylic acids is 1. The fraction of sp³-hybridized carbons (Fsp3) is 0.267. The molecule has 4 nitrogen and oxygen atoms in total. The van der Waals surface area contributed by atoms with Gasteiger partial charge in [-0.15, -0.1) is 0 Å². The predicted molar refractivity (Wildman–Crippen MR) is 82.3 cm³/mol. The number of hydrogen-bond donors (Lipinski definition) is 2. The fourth-order valence-corrected chi connectivity index (χ4v) is 2.47. The van der Waals surface area contributed by atoms with Gasteiger partial charge in [0.2, 0.25) is 5.76 Å². The Morgan fingerprint density at radius 2 is 2.05 bits per heavy atom. The first-order chi connectivity index (χ1) is 9.97. The van der Waals surface area contributed by atoms with E-state index in [2.05, 4.69) is 5.32 Å². The third-order valence-electron chi connectivity index (χ3n) is 3.13. The second-order valence-electron chi connectivity index (χ2n) is 4.66. The van der Waals surface area contributed by atoms with E-state index in [0.29, 0.717) is 28.9 Å². The summed E-state index contributed by atoms with van der Waals surface area (Å²) >= 11 is 11.9. The summed E-state index contributed by atoms with van der Waals surface area (Å²) in [6.45, 7) is 3.02. The maximum absolute atomic E-state index is 10.8. The molecular formula is C15H15Cl2NO3.